The van der Waals surface area contributed by atoms with Crippen LogP contribution in [-0.4, -0.2) is 6.04 Å². The van der Waals surface area contributed by atoms with Crippen LogP contribution in [0.15, 0.2) is 30.3 Å². The van der Waals surface area contributed by atoms with Crippen molar-refractivity contribution in [2.45, 2.75) is 5.13 Å². The van der Waals surface area contributed by atoms with Crippen molar-refractivity contribution in [3.63, 3.8) is 0 Å². The van der Waals surface area contributed by atoms with E-state index in [1.807, 2.05) is 0 Å². The molecule has 1 unspecified atom stereocenters. The molecule has 0 spiro atoms. The number of alkyl halides is 2. The molecule has 0 saturated carbocycles. The fourth-order valence-electron chi connectivity index (χ4n) is 0.761. The lowest BCUT2D eigenvalue weighted by molar-refractivity contribution is -0.137. The van der Waals surface area contributed by atoms with Gasteiger partial charge in [0.05, 0.1) is 0 Å². The van der Waals surface area contributed by atoms with Crippen molar-refractivity contribution in [1.82, 2.24) is 0 Å². The average Bonchev–Trinajstić information content (AvgIpc) is 2.06. The summed E-state index contributed by atoms with van der Waals surface area (Å²) < 4.78 is 25.0. The first kappa shape index (κ1) is 9.13. The van der Waals surface area contributed by atoms with Crippen LogP contribution < -0.4 is 0 Å². The molecule has 0 radical (unpaired) electrons. The zero-order valence-corrected chi connectivity index (χ0v) is 6.68. The van der Waals surface area contributed by atoms with Gasteiger partial charge in [-0.2, -0.15) is 4.39 Å². The Labute approximate surface area is 73.0 Å². The highest BCUT2D eigenvalue weighted by Gasteiger charge is 2.38. The Hall–Kier alpha value is -0.960. The summed E-state index contributed by atoms with van der Waals surface area (Å²) >= 11 is 5.01. The molecule has 0 N–H and O–H groups in total. The number of hydrogen-bond acceptors (Lipinski definition) is 1. The molecule has 0 amide bonds. The van der Waals surface area contributed by atoms with Crippen molar-refractivity contribution < 1.29 is 13.6 Å². The summed E-state index contributed by atoms with van der Waals surface area (Å²) in [5.74, 6) is 0. The number of halogens is 3. The monoisotopic (exact) mass is 190 g/mol. The molecule has 0 heterocycles. The smallest absolute Gasteiger partial charge is 0.255 e. The first-order valence-corrected chi connectivity index (χ1v) is 3.56. The average molecular weight is 191 g/mol. The van der Waals surface area contributed by atoms with E-state index in [1.165, 1.54) is 24.3 Å². The molecule has 0 aliphatic heterocycles. The van der Waals surface area contributed by atoms with Crippen molar-refractivity contribution in [2.24, 2.45) is 0 Å². The van der Waals surface area contributed by atoms with Crippen LogP contribution >= 0.6 is 11.6 Å². The zero-order chi connectivity index (χ0) is 9.19. The fourth-order valence-corrected chi connectivity index (χ4v) is 0.887. The molecule has 1 rings (SSSR count). The maximum Gasteiger partial charge on any atom is 0.358 e. The third-order valence-corrected chi connectivity index (χ3v) is 1.75. The van der Waals surface area contributed by atoms with Crippen LogP contribution in [0, 0.1) is 0 Å². The lowest BCUT2D eigenvalue weighted by atomic mass is 10.1. The minimum Gasteiger partial charge on any atom is -0.255 e. The highest BCUT2D eigenvalue weighted by molar-refractivity contribution is 6.32. The third-order valence-electron chi connectivity index (χ3n) is 1.38. The number of benzene rings is 1. The number of carbonyl (C=O) groups is 1. The Morgan fingerprint density at radius 1 is 1.33 bits per heavy atom. The van der Waals surface area contributed by atoms with Crippen LogP contribution in [0.5, 0.6) is 0 Å². The van der Waals surface area contributed by atoms with Gasteiger partial charge in [-0.05, 0) is 0 Å². The third kappa shape index (κ3) is 1.61. The van der Waals surface area contributed by atoms with E-state index < -0.39 is 11.2 Å². The molecule has 0 bridgehead atoms. The number of carbonyl (C=O) groups excluding carboxylic acids is 1. The summed E-state index contributed by atoms with van der Waals surface area (Å²) in [5.41, 5.74) is -0.195. The van der Waals surface area contributed by atoms with Crippen molar-refractivity contribution >= 4 is 17.6 Å². The van der Waals surface area contributed by atoms with Gasteiger partial charge in [-0.1, -0.05) is 41.9 Å². The summed E-state index contributed by atoms with van der Waals surface area (Å²) in [6.07, 6.45) is 0. The highest BCUT2D eigenvalue weighted by atomic mass is 35.5. The van der Waals surface area contributed by atoms with Gasteiger partial charge in [0.15, 0.2) is 0 Å². The van der Waals surface area contributed by atoms with Crippen molar-refractivity contribution in [1.29, 1.82) is 0 Å². The molecule has 4 heteroatoms. The van der Waals surface area contributed by atoms with Crippen LogP contribution in [0.3, 0.4) is 0 Å². The van der Waals surface area contributed by atoms with Crippen molar-refractivity contribution in [3.8, 4) is 0 Å². The predicted molar refractivity (Wildman–Crippen MR) is 41.2 cm³/mol. The van der Waals surface area contributed by atoms with E-state index in [-0.39, 0.29) is 5.56 Å². The highest BCUT2D eigenvalue weighted by Crippen LogP contribution is 2.31. The van der Waals surface area contributed by atoms with Gasteiger partial charge in [0.25, 0.3) is 5.13 Å². The molecule has 0 aliphatic carbocycles. The minimum atomic E-state index is -3.04. The number of rotatable bonds is 2. The topological polar surface area (TPSA) is 17.1 Å². The van der Waals surface area contributed by atoms with Crippen LogP contribution in [0.4, 0.5) is 8.78 Å². The molecule has 1 atom stereocenters. The second kappa shape index (κ2) is 3.19. The van der Waals surface area contributed by atoms with Crippen molar-refractivity contribution in [3.05, 3.63) is 35.9 Å². The quantitative estimate of drug-likeness (QED) is 0.518. The fraction of sp³-hybridized carbons (Fsp3) is 0.125. The molecular formula is C8H5ClF2O. The summed E-state index contributed by atoms with van der Waals surface area (Å²) in [7, 11) is 0. The second-order valence-electron chi connectivity index (χ2n) is 2.21. The van der Waals surface area contributed by atoms with E-state index in [0.29, 0.717) is 0 Å². The predicted octanol–water partition coefficient (Wildman–Crippen LogP) is 2.54. The first-order chi connectivity index (χ1) is 5.55. The Bertz CT molecular complexity index is 284. The summed E-state index contributed by atoms with van der Waals surface area (Å²) in [4.78, 5) is 10.1. The molecule has 0 saturated heterocycles. The largest absolute Gasteiger partial charge is 0.358 e. The van der Waals surface area contributed by atoms with Gasteiger partial charge in [-0.15, -0.1) is 0 Å². The molecule has 0 aliphatic rings. The molecule has 0 fully saturated rings. The molecule has 64 valence electrons. The van der Waals surface area contributed by atoms with E-state index in [9.17, 15) is 13.6 Å². The minimum absolute atomic E-state index is 0.195. The Morgan fingerprint density at radius 2 is 1.83 bits per heavy atom. The second-order valence-corrected chi connectivity index (χ2v) is 2.73. The van der Waals surface area contributed by atoms with Crippen LogP contribution in [0.25, 0.3) is 0 Å². The molecule has 1 aromatic rings. The van der Waals surface area contributed by atoms with E-state index in [4.69, 9.17) is 11.6 Å². The van der Waals surface area contributed by atoms with Gasteiger partial charge in [-0.3, -0.25) is 4.79 Å². The van der Waals surface area contributed by atoms with E-state index in [1.54, 1.807) is 6.07 Å². The van der Waals surface area contributed by atoms with Gasteiger partial charge >= 0.3 is 6.04 Å². The van der Waals surface area contributed by atoms with Crippen molar-refractivity contribution in [2.75, 3.05) is 0 Å². The normalized spacial score (nSPS) is 15.2. The Kier molecular flexibility index (Phi) is 2.43. The maximum atomic E-state index is 13.0. The molecule has 12 heavy (non-hydrogen) atoms. The van der Waals surface area contributed by atoms with Crippen LogP contribution in [-0.2, 0) is 9.92 Å². The summed E-state index contributed by atoms with van der Waals surface area (Å²) in [5, 5.41) is -3.04. The summed E-state index contributed by atoms with van der Waals surface area (Å²) in [6, 6.07) is 4.83. The first-order valence-electron chi connectivity index (χ1n) is 3.18. The Morgan fingerprint density at radius 3 is 2.25 bits per heavy atom. The van der Waals surface area contributed by atoms with E-state index >= 15 is 0 Å². The van der Waals surface area contributed by atoms with E-state index in [0.717, 1.165) is 0 Å². The lowest BCUT2D eigenvalue weighted by Gasteiger charge is -2.10. The SMILES string of the molecule is O=C(F)C(F)(Cl)c1ccccc1. The lowest BCUT2D eigenvalue weighted by Crippen LogP contribution is -2.20. The molecule has 1 nitrogen and oxygen atoms in total. The zero-order valence-electron chi connectivity index (χ0n) is 5.93. The Balaban J connectivity index is 3.06. The standard InChI is InChI=1S/C8H5ClF2O/c9-8(11,7(10)12)6-4-2-1-3-5-6/h1-5H. The molecule has 1 aromatic carbocycles. The number of hydrogen-bond donors (Lipinski definition) is 0. The van der Waals surface area contributed by atoms with Crippen LogP contribution in [0.1, 0.15) is 5.56 Å². The summed E-state index contributed by atoms with van der Waals surface area (Å²) in [6.45, 7) is 0. The van der Waals surface area contributed by atoms with Gasteiger partial charge in [0.1, 0.15) is 0 Å². The van der Waals surface area contributed by atoms with E-state index in [2.05, 4.69) is 0 Å². The molecular weight excluding hydrogens is 186 g/mol. The van der Waals surface area contributed by atoms with Gasteiger partial charge in [0, 0.05) is 5.56 Å². The van der Waals surface area contributed by atoms with Gasteiger partial charge in [0.2, 0.25) is 0 Å². The van der Waals surface area contributed by atoms with Gasteiger partial charge in [-0.25, -0.2) is 4.39 Å². The maximum absolute atomic E-state index is 13.0. The molecule has 0 aromatic heterocycles. The van der Waals surface area contributed by atoms with Crippen LogP contribution in [0.2, 0.25) is 0 Å². The van der Waals surface area contributed by atoms with Gasteiger partial charge < -0.3 is 0 Å².